The van der Waals surface area contributed by atoms with E-state index in [0.717, 1.165) is 23.4 Å². The number of ether oxygens (including phenoxy) is 1. The van der Waals surface area contributed by atoms with Crippen LogP contribution in [-0.4, -0.2) is 16.7 Å². The van der Waals surface area contributed by atoms with E-state index in [0.29, 0.717) is 11.0 Å². The van der Waals surface area contributed by atoms with E-state index in [1.165, 1.54) is 11.3 Å². The van der Waals surface area contributed by atoms with Gasteiger partial charge in [-0.25, -0.2) is 15.0 Å². The van der Waals surface area contributed by atoms with E-state index in [2.05, 4.69) is 28.6 Å². The number of rotatable bonds is 6. The Kier molecular flexibility index (Phi) is 5.40. The standard InChI is InChI=1S/C16H17N3OS/c1-4-7-12(8-5-2)20-15-13(9-6-10-18-15)14-11-21-16(17-3)19-14/h4,6-11H,3,5H2,1-2H3/b7-4-,12-8+. The van der Waals surface area contributed by atoms with Crippen LogP contribution in [0.4, 0.5) is 5.13 Å². The molecule has 0 spiro atoms. The van der Waals surface area contributed by atoms with Crippen LogP contribution in [0.1, 0.15) is 20.3 Å². The summed E-state index contributed by atoms with van der Waals surface area (Å²) in [5, 5.41) is 2.56. The molecule has 0 aliphatic rings. The summed E-state index contributed by atoms with van der Waals surface area (Å²) < 4.78 is 5.91. The summed E-state index contributed by atoms with van der Waals surface area (Å²) in [4.78, 5) is 12.5. The summed E-state index contributed by atoms with van der Waals surface area (Å²) >= 11 is 1.44. The molecule has 0 atom stereocenters. The summed E-state index contributed by atoms with van der Waals surface area (Å²) in [6, 6.07) is 3.80. The molecule has 0 saturated heterocycles. The van der Waals surface area contributed by atoms with Crippen molar-refractivity contribution in [2.75, 3.05) is 0 Å². The zero-order valence-electron chi connectivity index (χ0n) is 12.1. The number of thiazole rings is 1. The predicted octanol–water partition coefficient (Wildman–Crippen LogP) is 4.79. The fourth-order valence-corrected chi connectivity index (χ4v) is 2.37. The molecule has 4 nitrogen and oxygen atoms in total. The molecule has 0 radical (unpaired) electrons. The van der Waals surface area contributed by atoms with Crippen LogP contribution >= 0.6 is 11.3 Å². The molecule has 0 aromatic carbocycles. The topological polar surface area (TPSA) is 47.4 Å². The van der Waals surface area contributed by atoms with Gasteiger partial charge in [-0.2, -0.15) is 0 Å². The molecule has 2 heterocycles. The lowest BCUT2D eigenvalue weighted by atomic mass is 10.2. The second kappa shape index (κ2) is 7.50. The molecule has 0 saturated carbocycles. The quantitative estimate of drug-likeness (QED) is 0.438. The van der Waals surface area contributed by atoms with Crippen LogP contribution in [0.5, 0.6) is 5.88 Å². The van der Waals surface area contributed by atoms with E-state index >= 15 is 0 Å². The maximum absolute atomic E-state index is 5.91. The average molecular weight is 299 g/mol. The largest absolute Gasteiger partial charge is 0.439 e. The fraction of sp³-hybridized carbons (Fsp3) is 0.188. The third kappa shape index (κ3) is 3.86. The van der Waals surface area contributed by atoms with Gasteiger partial charge in [-0.3, -0.25) is 0 Å². The van der Waals surface area contributed by atoms with Gasteiger partial charge in [0, 0.05) is 11.6 Å². The van der Waals surface area contributed by atoms with Crippen molar-refractivity contribution in [1.82, 2.24) is 9.97 Å². The molecule has 0 N–H and O–H groups in total. The van der Waals surface area contributed by atoms with Crippen LogP contribution in [0.3, 0.4) is 0 Å². The minimum atomic E-state index is 0.538. The Morgan fingerprint density at radius 2 is 2.38 bits per heavy atom. The summed E-state index contributed by atoms with van der Waals surface area (Å²) in [5.74, 6) is 1.31. The van der Waals surface area contributed by atoms with Gasteiger partial charge in [-0.15, -0.1) is 11.3 Å². The molecular weight excluding hydrogens is 282 g/mol. The van der Waals surface area contributed by atoms with Gasteiger partial charge < -0.3 is 4.74 Å². The smallest absolute Gasteiger partial charge is 0.228 e. The third-order valence-corrected chi connectivity index (χ3v) is 3.40. The number of hydrogen-bond donors (Lipinski definition) is 0. The van der Waals surface area contributed by atoms with Crippen molar-refractivity contribution in [3.8, 4) is 17.1 Å². The average Bonchev–Trinajstić information content (AvgIpc) is 2.97. The molecule has 2 aromatic heterocycles. The van der Waals surface area contributed by atoms with Gasteiger partial charge in [0.2, 0.25) is 11.0 Å². The zero-order chi connectivity index (χ0) is 15.1. The van der Waals surface area contributed by atoms with Crippen LogP contribution < -0.4 is 4.74 Å². The monoisotopic (exact) mass is 299 g/mol. The van der Waals surface area contributed by atoms with Crippen molar-refractivity contribution in [1.29, 1.82) is 0 Å². The molecule has 2 rings (SSSR count). The lowest BCUT2D eigenvalue weighted by Crippen LogP contribution is -1.97. The number of aliphatic imine (C=N–C) groups is 1. The highest BCUT2D eigenvalue weighted by Gasteiger charge is 2.12. The van der Waals surface area contributed by atoms with E-state index < -0.39 is 0 Å². The van der Waals surface area contributed by atoms with Gasteiger partial charge in [-0.05, 0) is 44.3 Å². The number of nitrogens with zero attached hydrogens (tertiary/aromatic N) is 3. The maximum atomic E-state index is 5.91. The SMILES string of the molecule is C=Nc1nc(-c2cccnc2OC(/C=C\C)=C/CC)cs1. The Labute approximate surface area is 128 Å². The first-order chi connectivity index (χ1) is 10.3. The second-order valence-corrected chi connectivity index (χ2v) is 4.98. The van der Waals surface area contributed by atoms with Gasteiger partial charge in [-0.1, -0.05) is 13.0 Å². The Bertz CT molecular complexity index is 674. The molecule has 0 bridgehead atoms. The first-order valence-electron chi connectivity index (χ1n) is 6.66. The molecule has 0 amide bonds. The number of allylic oxidation sites excluding steroid dienone is 3. The Morgan fingerprint density at radius 3 is 3.05 bits per heavy atom. The molecule has 0 fully saturated rings. The van der Waals surface area contributed by atoms with E-state index in [4.69, 9.17) is 4.74 Å². The Balaban J connectivity index is 2.36. The molecule has 2 aromatic rings. The minimum Gasteiger partial charge on any atom is -0.439 e. The highest BCUT2D eigenvalue weighted by atomic mass is 32.1. The van der Waals surface area contributed by atoms with E-state index in [-0.39, 0.29) is 0 Å². The van der Waals surface area contributed by atoms with Gasteiger partial charge in [0.25, 0.3) is 0 Å². The lowest BCUT2D eigenvalue weighted by molar-refractivity contribution is 0.426. The van der Waals surface area contributed by atoms with Crippen LogP contribution in [0.15, 0.2) is 52.7 Å². The van der Waals surface area contributed by atoms with Crippen molar-refractivity contribution in [3.63, 3.8) is 0 Å². The van der Waals surface area contributed by atoms with E-state index in [9.17, 15) is 0 Å². The Morgan fingerprint density at radius 1 is 1.52 bits per heavy atom. The van der Waals surface area contributed by atoms with Crippen LogP contribution in [0.25, 0.3) is 11.3 Å². The molecule has 0 aliphatic heterocycles. The van der Waals surface area contributed by atoms with Crippen molar-refractivity contribution >= 4 is 23.2 Å². The molecule has 5 heteroatoms. The fourth-order valence-electron chi connectivity index (χ4n) is 1.75. The zero-order valence-corrected chi connectivity index (χ0v) is 12.9. The summed E-state index contributed by atoms with van der Waals surface area (Å²) in [5.41, 5.74) is 1.64. The molecule has 108 valence electrons. The normalized spacial score (nSPS) is 11.8. The highest BCUT2D eigenvalue weighted by Crippen LogP contribution is 2.32. The third-order valence-electron chi connectivity index (χ3n) is 2.63. The van der Waals surface area contributed by atoms with E-state index in [1.807, 2.05) is 42.7 Å². The van der Waals surface area contributed by atoms with E-state index in [1.54, 1.807) is 6.20 Å². The van der Waals surface area contributed by atoms with Crippen molar-refractivity contribution in [2.24, 2.45) is 4.99 Å². The van der Waals surface area contributed by atoms with Crippen LogP contribution in [0, 0.1) is 0 Å². The summed E-state index contributed by atoms with van der Waals surface area (Å²) in [7, 11) is 0. The number of pyridine rings is 1. The van der Waals surface area contributed by atoms with Gasteiger partial charge >= 0.3 is 0 Å². The highest BCUT2D eigenvalue weighted by molar-refractivity contribution is 7.13. The Hall–Kier alpha value is -2.27. The number of hydrogen-bond acceptors (Lipinski definition) is 5. The summed E-state index contributed by atoms with van der Waals surface area (Å²) in [6.07, 6.45) is 8.46. The first kappa shape index (κ1) is 15.1. The lowest BCUT2D eigenvalue weighted by Gasteiger charge is -2.09. The van der Waals surface area contributed by atoms with Crippen LogP contribution in [0.2, 0.25) is 0 Å². The number of aromatic nitrogens is 2. The molecule has 0 aliphatic carbocycles. The molecule has 21 heavy (non-hydrogen) atoms. The van der Waals surface area contributed by atoms with Crippen molar-refractivity contribution in [2.45, 2.75) is 20.3 Å². The predicted molar refractivity (Wildman–Crippen MR) is 88.4 cm³/mol. The molecular formula is C16H17N3OS. The minimum absolute atomic E-state index is 0.538. The van der Waals surface area contributed by atoms with Gasteiger partial charge in [0.1, 0.15) is 5.76 Å². The van der Waals surface area contributed by atoms with Crippen molar-refractivity contribution < 1.29 is 4.74 Å². The first-order valence-corrected chi connectivity index (χ1v) is 7.54. The van der Waals surface area contributed by atoms with Crippen molar-refractivity contribution in [3.05, 3.63) is 47.7 Å². The van der Waals surface area contributed by atoms with Crippen LogP contribution in [-0.2, 0) is 0 Å². The maximum Gasteiger partial charge on any atom is 0.228 e. The summed E-state index contributed by atoms with van der Waals surface area (Å²) in [6.45, 7) is 7.51. The second-order valence-electron chi connectivity index (χ2n) is 4.15. The van der Waals surface area contributed by atoms with Gasteiger partial charge in [0.05, 0.1) is 11.3 Å². The van der Waals surface area contributed by atoms with Gasteiger partial charge in [0.15, 0.2) is 0 Å². The molecule has 0 unspecified atom stereocenters.